The maximum Gasteiger partial charge on any atom is 0.340 e. The SMILES string of the molecule is CN(CCc1cccs1)c1ccc(F)c(N)c1C(=O)O. The molecule has 0 aliphatic rings. The topological polar surface area (TPSA) is 66.6 Å². The molecule has 0 aliphatic heterocycles. The molecule has 2 aromatic rings. The summed E-state index contributed by atoms with van der Waals surface area (Å²) in [5.74, 6) is -1.93. The van der Waals surface area contributed by atoms with Gasteiger partial charge in [-0.15, -0.1) is 11.3 Å². The minimum absolute atomic E-state index is 0.182. The number of hydrogen-bond donors (Lipinski definition) is 2. The molecule has 20 heavy (non-hydrogen) atoms. The van der Waals surface area contributed by atoms with Crippen LogP contribution in [0.1, 0.15) is 15.2 Å². The van der Waals surface area contributed by atoms with Crippen molar-refractivity contribution in [3.05, 3.63) is 45.9 Å². The van der Waals surface area contributed by atoms with Crippen LogP contribution in [0.25, 0.3) is 0 Å². The van der Waals surface area contributed by atoms with E-state index in [0.29, 0.717) is 12.2 Å². The summed E-state index contributed by atoms with van der Waals surface area (Å²) in [7, 11) is 1.77. The van der Waals surface area contributed by atoms with Gasteiger partial charge >= 0.3 is 5.97 Å². The van der Waals surface area contributed by atoms with E-state index < -0.39 is 11.8 Å². The first kappa shape index (κ1) is 14.3. The smallest absolute Gasteiger partial charge is 0.340 e. The Kier molecular flexibility index (Phi) is 4.24. The van der Waals surface area contributed by atoms with E-state index in [1.54, 1.807) is 23.3 Å². The van der Waals surface area contributed by atoms with Crippen molar-refractivity contribution < 1.29 is 14.3 Å². The molecule has 0 unspecified atom stereocenters. The number of nitrogens with two attached hydrogens (primary N) is 1. The quantitative estimate of drug-likeness (QED) is 0.832. The molecule has 0 saturated carbocycles. The Morgan fingerprint density at radius 1 is 1.45 bits per heavy atom. The van der Waals surface area contributed by atoms with Gasteiger partial charge in [0, 0.05) is 18.5 Å². The number of halogens is 1. The van der Waals surface area contributed by atoms with Crippen molar-refractivity contribution in [3.8, 4) is 0 Å². The third-order valence-electron chi connectivity index (χ3n) is 3.07. The van der Waals surface area contributed by atoms with Crippen molar-refractivity contribution in [2.45, 2.75) is 6.42 Å². The van der Waals surface area contributed by atoms with Gasteiger partial charge in [0.05, 0.1) is 11.4 Å². The standard InChI is InChI=1S/C14H15FN2O2S/c1-17(7-6-9-3-2-8-20-9)11-5-4-10(15)13(16)12(11)14(18)19/h2-5,8H,6-7,16H2,1H3,(H,18,19). The van der Waals surface area contributed by atoms with Crippen molar-refractivity contribution >= 4 is 28.7 Å². The van der Waals surface area contributed by atoms with E-state index in [1.165, 1.54) is 17.0 Å². The minimum atomic E-state index is -1.22. The molecule has 3 N–H and O–H groups in total. The van der Waals surface area contributed by atoms with Gasteiger partial charge < -0.3 is 15.7 Å². The summed E-state index contributed by atoms with van der Waals surface area (Å²) in [4.78, 5) is 14.2. The Bertz CT molecular complexity index is 614. The summed E-state index contributed by atoms with van der Waals surface area (Å²) in [5, 5.41) is 11.2. The third-order valence-corrected chi connectivity index (χ3v) is 4.01. The summed E-state index contributed by atoms with van der Waals surface area (Å²) in [6.45, 7) is 0.631. The van der Waals surface area contributed by atoms with E-state index in [-0.39, 0.29) is 11.3 Å². The number of benzene rings is 1. The second-order valence-electron chi connectivity index (χ2n) is 4.41. The first-order valence-electron chi connectivity index (χ1n) is 6.05. The molecule has 2 rings (SSSR count). The predicted octanol–water partition coefficient (Wildman–Crippen LogP) is 2.85. The first-order chi connectivity index (χ1) is 9.50. The van der Waals surface area contributed by atoms with Gasteiger partial charge in [-0.25, -0.2) is 9.18 Å². The lowest BCUT2D eigenvalue weighted by molar-refractivity contribution is 0.0698. The number of nitrogens with zero attached hydrogens (tertiary/aromatic N) is 1. The van der Waals surface area contributed by atoms with Crippen molar-refractivity contribution in [1.29, 1.82) is 0 Å². The van der Waals surface area contributed by atoms with Crippen molar-refractivity contribution in [2.24, 2.45) is 0 Å². The molecule has 0 amide bonds. The molecule has 0 atom stereocenters. The number of thiophene rings is 1. The van der Waals surface area contributed by atoms with Crippen LogP contribution in [-0.2, 0) is 6.42 Å². The van der Waals surface area contributed by atoms with Crippen molar-refractivity contribution in [3.63, 3.8) is 0 Å². The van der Waals surface area contributed by atoms with Crippen LogP contribution in [0.3, 0.4) is 0 Å². The highest BCUT2D eigenvalue weighted by molar-refractivity contribution is 7.09. The second kappa shape index (κ2) is 5.92. The lowest BCUT2D eigenvalue weighted by atomic mass is 10.1. The molecule has 1 aromatic carbocycles. The van der Waals surface area contributed by atoms with E-state index in [9.17, 15) is 14.3 Å². The minimum Gasteiger partial charge on any atom is -0.478 e. The molecule has 0 fully saturated rings. The number of rotatable bonds is 5. The monoisotopic (exact) mass is 294 g/mol. The number of likely N-dealkylation sites (N-methyl/N-ethyl adjacent to an activating group) is 1. The average molecular weight is 294 g/mol. The van der Waals surface area contributed by atoms with Crippen LogP contribution in [-0.4, -0.2) is 24.7 Å². The molecule has 4 nitrogen and oxygen atoms in total. The molecule has 0 bridgehead atoms. The molecular weight excluding hydrogens is 279 g/mol. The molecule has 0 radical (unpaired) electrons. The van der Waals surface area contributed by atoms with Gasteiger partial charge in [-0.2, -0.15) is 0 Å². The number of carboxylic acid groups (broad SMARTS) is 1. The number of anilines is 2. The van der Waals surface area contributed by atoms with Crippen LogP contribution in [0.5, 0.6) is 0 Å². The highest BCUT2D eigenvalue weighted by Crippen LogP contribution is 2.28. The fourth-order valence-corrected chi connectivity index (χ4v) is 2.68. The number of nitrogen functional groups attached to an aromatic ring is 1. The molecule has 6 heteroatoms. The predicted molar refractivity (Wildman–Crippen MR) is 79.1 cm³/mol. The summed E-state index contributed by atoms with van der Waals surface area (Å²) in [5.41, 5.74) is 5.45. The molecule has 0 spiro atoms. The zero-order chi connectivity index (χ0) is 14.7. The summed E-state index contributed by atoms with van der Waals surface area (Å²) in [6, 6.07) is 6.64. The zero-order valence-corrected chi connectivity index (χ0v) is 11.8. The van der Waals surface area contributed by atoms with Gasteiger partial charge in [0.25, 0.3) is 0 Å². The number of carbonyl (C=O) groups is 1. The van der Waals surface area contributed by atoms with Gasteiger partial charge in [0.15, 0.2) is 0 Å². The Balaban J connectivity index is 2.23. The van der Waals surface area contributed by atoms with E-state index in [4.69, 9.17) is 5.73 Å². The van der Waals surface area contributed by atoms with Gasteiger partial charge in [0.1, 0.15) is 11.4 Å². The highest BCUT2D eigenvalue weighted by atomic mass is 32.1. The van der Waals surface area contributed by atoms with Gasteiger partial charge in [-0.05, 0) is 30.0 Å². The van der Waals surface area contributed by atoms with Gasteiger partial charge in [-0.3, -0.25) is 0 Å². The second-order valence-corrected chi connectivity index (χ2v) is 5.44. The Morgan fingerprint density at radius 3 is 2.80 bits per heavy atom. The fraction of sp³-hybridized carbons (Fsp3) is 0.214. The number of carboxylic acids is 1. The van der Waals surface area contributed by atoms with Crippen LogP contribution < -0.4 is 10.6 Å². The molecule has 0 aliphatic carbocycles. The molecule has 1 aromatic heterocycles. The van der Waals surface area contributed by atoms with Crippen molar-refractivity contribution in [1.82, 2.24) is 0 Å². The maximum absolute atomic E-state index is 13.4. The summed E-state index contributed by atoms with van der Waals surface area (Å²) >= 11 is 1.65. The molecule has 0 saturated heterocycles. The van der Waals surface area contributed by atoms with Crippen LogP contribution >= 0.6 is 11.3 Å². The normalized spacial score (nSPS) is 10.5. The van der Waals surface area contributed by atoms with E-state index >= 15 is 0 Å². The first-order valence-corrected chi connectivity index (χ1v) is 6.93. The zero-order valence-electron chi connectivity index (χ0n) is 11.0. The highest BCUT2D eigenvalue weighted by Gasteiger charge is 2.19. The lowest BCUT2D eigenvalue weighted by Gasteiger charge is -2.22. The van der Waals surface area contributed by atoms with E-state index in [0.717, 1.165) is 6.42 Å². The number of hydrogen-bond acceptors (Lipinski definition) is 4. The largest absolute Gasteiger partial charge is 0.478 e. The Labute approximate surface area is 120 Å². The maximum atomic E-state index is 13.4. The van der Waals surface area contributed by atoms with Gasteiger partial charge in [0.2, 0.25) is 0 Å². The van der Waals surface area contributed by atoms with Gasteiger partial charge in [-0.1, -0.05) is 6.07 Å². The van der Waals surface area contributed by atoms with Crippen LogP contribution in [0.2, 0.25) is 0 Å². The van der Waals surface area contributed by atoms with Crippen LogP contribution in [0.15, 0.2) is 29.6 Å². The van der Waals surface area contributed by atoms with Crippen molar-refractivity contribution in [2.75, 3.05) is 24.2 Å². The third kappa shape index (κ3) is 2.91. The average Bonchev–Trinajstić information content (AvgIpc) is 2.91. The number of aromatic carboxylic acids is 1. The van der Waals surface area contributed by atoms with Crippen LogP contribution in [0, 0.1) is 5.82 Å². The molecule has 106 valence electrons. The van der Waals surface area contributed by atoms with Crippen LogP contribution in [0.4, 0.5) is 15.8 Å². The fourth-order valence-electron chi connectivity index (χ4n) is 1.98. The Morgan fingerprint density at radius 2 is 2.20 bits per heavy atom. The Hall–Kier alpha value is -2.08. The lowest BCUT2D eigenvalue weighted by Crippen LogP contribution is -2.23. The summed E-state index contributed by atoms with van der Waals surface area (Å²) < 4.78 is 13.4. The molecule has 1 heterocycles. The summed E-state index contributed by atoms with van der Waals surface area (Å²) in [6.07, 6.45) is 0.796. The van der Waals surface area contributed by atoms with E-state index in [2.05, 4.69) is 0 Å². The molecular formula is C14H15FN2O2S. The van der Waals surface area contributed by atoms with E-state index in [1.807, 2.05) is 17.5 Å².